The van der Waals surface area contributed by atoms with Gasteiger partial charge in [-0.2, -0.15) is 0 Å². The molecule has 1 aliphatic rings. The second-order valence-corrected chi connectivity index (χ2v) is 6.11. The number of nitrogens with zero attached hydrogens (tertiary/aromatic N) is 2. The molecule has 27 heavy (non-hydrogen) atoms. The molecule has 2 heterocycles. The number of aromatic nitrogens is 1. The van der Waals surface area contributed by atoms with Crippen LogP contribution in [0.1, 0.15) is 10.4 Å². The van der Waals surface area contributed by atoms with E-state index in [0.717, 1.165) is 12.1 Å². The van der Waals surface area contributed by atoms with Gasteiger partial charge in [-0.1, -0.05) is 18.2 Å². The number of carbonyl (C=O) groups excluding carboxylic acids is 1. The molecule has 0 aliphatic carbocycles. The van der Waals surface area contributed by atoms with Gasteiger partial charge in [0, 0.05) is 36.1 Å². The molecule has 0 radical (unpaired) electrons. The molecule has 1 aliphatic heterocycles. The summed E-state index contributed by atoms with van der Waals surface area (Å²) in [5.41, 5.74) is 0.463. The van der Waals surface area contributed by atoms with Crippen molar-refractivity contribution >= 4 is 16.7 Å². The summed E-state index contributed by atoms with van der Waals surface area (Å²) in [6, 6.07) is 10.5. The third-order valence-corrected chi connectivity index (χ3v) is 4.39. The monoisotopic (exact) mass is 370 g/mol. The van der Waals surface area contributed by atoms with Gasteiger partial charge in [-0.25, -0.2) is 13.8 Å². The Kier molecular flexibility index (Phi) is 4.68. The number of morpholine rings is 1. The normalized spacial score (nSPS) is 14.4. The Balaban J connectivity index is 1.71. The lowest BCUT2D eigenvalue weighted by atomic mass is 10.1. The van der Waals surface area contributed by atoms with Crippen LogP contribution in [0.4, 0.5) is 8.78 Å². The van der Waals surface area contributed by atoms with Crippen molar-refractivity contribution in [3.05, 3.63) is 65.9 Å². The number of hydrogen-bond donors (Lipinski definition) is 0. The Labute approximate surface area is 154 Å². The van der Waals surface area contributed by atoms with E-state index >= 15 is 0 Å². The average molecular weight is 370 g/mol. The molecule has 0 unspecified atom stereocenters. The zero-order chi connectivity index (χ0) is 18.8. The second-order valence-electron chi connectivity index (χ2n) is 6.11. The van der Waals surface area contributed by atoms with E-state index in [0.29, 0.717) is 42.6 Å². The molecule has 0 N–H and O–H groups in total. The fourth-order valence-corrected chi connectivity index (χ4v) is 3.01. The van der Waals surface area contributed by atoms with Crippen LogP contribution in [0.2, 0.25) is 0 Å². The van der Waals surface area contributed by atoms with E-state index in [1.54, 1.807) is 17.0 Å². The number of ether oxygens (including phenoxy) is 2. The first-order valence-electron chi connectivity index (χ1n) is 8.51. The topological polar surface area (TPSA) is 51.7 Å². The fraction of sp³-hybridized carbons (Fsp3) is 0.200. The summed E-state index contributed by atoms with van der Waals surface area (Å²) >= 11 is 0. The van der Waals surface area contributed by atoms with Gasteiger partial charge >= 0.3 is 0 Å². The largest absolute Gasteiger partial charge is 0.438 e. The molecular weight excluding hydrogens is 354 g/mol. The highest BCUT2D eigenvalue weighted by Crippen LogP contribution is 2.31. The number of amides is 1. The van der Waals surface area contributed by atoms with Gasteiger partial charge in [0.2, 0.25) is 5.88 Å². The number of hydrogen-bond acceptors (Lipinski definition) is 4. The first-order chi connectivity index (χ1) is 13.1. The molecule has 2 aromatic carbocycles. The van der Waals surface area contributed by atoms with Gasteiger partial charge in [0.05, 0.1) is 18.8 Å². The number of pyridine rings is 1. The van der Waals surface area contributed by atoms with Crippen LogP contribution in [0, 0.1) is 11.6 Å². The van der Waals surface area contributed by atoms with E-state index in [4.69, 9.17) is 9.47 Å². The molecule has 3 aromatic rings. The van der Waals surface area contributed by atoms with E-state index in [9.17, 15) is 13.6 Å². The van der Waals surface area contributed by atoms with Crippen LogP contribution in [-0.2, 0) is 4.74 Å². The molecular formula is C20H16F2N2O3. The van der Waals surface area contributed by atoms with Gasteiger partial charge in [-0.3, -0.25) is 4.79 Å². The molecule has 138 valence electrons. The van der Waals surface area contributed by atoms with Crippen LogP contribution in [-0.4, -0.2) is 42.1 Å². The predicted octanol–water partition coefficient (Wildman–Crippen LogP) is 3.78. The molecule has 0 atom stereocenters. The highest BCUT2D eigenvalue weighted by molar-refractivity contribution is 6.07. The molecule has 1 amide bonds. The molecule has 1 aromatic heterocycles. The van der Waals surface area contributed by atoms with Gasteiger partial charge in [-0.05, 0) is 18.2 Å². The second kappa shape index (κ2) is 7.28. The van der Waals surface area contributed by atoms with Crippen molar-refractivity contribution in [2.75, 3.05) is 26.3 Å². The summed E-state index contributed by atoms with van der Waals surface area (Å²) in [4.78, 5) is 18.8. The highest BCUT2D eigenvalue weighted by atomic mass is 19.2. The summed E-state index contributed by atoms with van der Waals surface area (Å²) < 4.78 is 37.5. The lowest BCUT2D eigenvalue weighted by molar-refractivity contribution is 0.0304. The fourth-order valence-electron chi connectivity index (χ4n) is 3.01. The molecule has 7 heteroatoms. The van der Waals surface area contributed by atoms with Crippen molar-refractivity contribution in [3.8, 4) is 11.6 Å². The van der Waals surface area contributed by atoms with Crippen LogP contribution in [0.15, 0.2) is 48.7 Å². The highest BCUT2D eigenvalue weighted by Gasteiger charge is 2.22. The van der Waals surface area contributed by atoms with Crippen molar-refractivity contribution in [2.45, 2.75) is 0 Å². The first kappa shape index (κ1) is 17.4. The molecule has 1 fully saturated rings. The molecule has 1 saturated heterocycles. The van der Waals surface area contributed by atoms with Crippen LogP contribution < -0.4 is 4.74 Å². The van der Waals surface area contributed by atoms with Crippen LogP contribution in [0.3, 0.4) is 0 Å². The minimum atomic E-state index is -1.00. The molecule has 4 rings (SSSR count). The molecule has 5 nitrogen and oxygen atoms in total. The van der Waals surface area contributed by atoms with Crippen LogP contribution >= 0.6 is 0 Å². The van der Waals surface area contributed by atoms with E-state index in [2.05, 4.69) is 4.98 Å². The van der Waals surface area contributed by atoms with E-state index in [-0.39, 0.29) is 17.5 Å². The Morgan fingerprint density at radius 1 is 1.04 bits per heavy atom. The third kappa shape index (κ3) is 3.46. The van der Waals surface area contributed by atoms with Crippen molar-refractivity contribution in [1.29, 1.82) is 0 Å². The Morgan fingerprint density at radius 2 is 1.78 bits per heavy atom. The standard InChI is InChI=1S/C20H16F2N2O3/c21-17-6-5-13(11-18(17)22)27-19-15-4-2-1-3-14(15)16(12-23-19)20(25)24-7-9-26-10-8-24/h1-6,11-12H,7-10H2. The number of rotatable bonds is 3. The van der Waals surface area contributed by atoms with Gasteiger partial charge < -0.3 is 14.4 Å². The lowest BCUT2D eigenvalue weighted by Crippen LogP contribution is -2.40. The summed E-state index contributed by atoms with van der Waals surface area (Å²) in [6.07, 6.45) is 1.45. The summed E-state index contributed by atoms with van der Waals surface area (Å²) in [5.74, 6) is -1.74. The van der Waals surface area contributed by atoms with Crippen molar-refractivity contribution in [3.63, 3.8) is 0 Å². The first-order valence-corrected chi connectivity index (χ1v) is 8.51. The van der Waals surface area contributed by atoms with Gasteiger partial charge in [0.15, 0.2) is 11.6 Å². The van der Waals surface area contributed by atoms with Crippen molar-refractivity contribution in [1.82, 2.24) is 9.88 Å². The summed E-state index contributed by atoms with van der Waals surface area (Å²) in [7, 11) is 0. The van der Waals surface area contributed by atoms with Gasteiger partial charge in [0.1, 0.15) is 5.75 Å². The predicted molar refractivity (Wildman–Crippen MR) is 94.9 cm³/mol. The number of carbonyl (C=O) groups is 1. The van der Waals surface area contributed by atoms with Gasteiger partial charge in [0.25, 0.3) is 5.91 Å². The average Bonchev–Trinajstić information content (AvgIpc) is 2.71. The molecule has 0 spiro atoms. The number of fused-ring (bicyclic) bond motifs is 1. The maximum atomic E-state index is 13.4. The van der Waals surface area contributed by atoms with Crippen molar-refractivity contribution in [2.24, 2.45) is 0 Å². The van der Waals surface area contributed by atoms with E-state index in [1.807, 2.05) is 12.1 Å². The quantitative estimate of drug-likeness (QED) is 0.704. The van der Waals surface area contributed by atoms with Gasteiger partial charge in [-0.15, -0.1) is 0 Å². The van der Waals surface area contributed by atoms with Crippen LogP contribution in [0.5, 0.6) is 11.6 Å². The number of benzene rings is 2. The zero-order valence-electron chi connectivity index (χ0n) is 14.3. The summed E-state index contributed by atoms with van der Waals surface area (Å²) in [5, 5.41) is 1.29. The summed E-state index contributed by atoms with van der Waals surface area (Å²) in [6.45, 7) is 2.07. The smallest absolute Gasteiger partial charge is 0.256 e. The lowest BCUT2D eigenvalue weighted by Gasteiger charge is -2.27. The van der Waals surface area contributed by atoms with E-state index in [1.165, 1.54) is 12.3 Å². The Hall–Kier alpha value is -3.06. The molecule has 0 saturated carbocycles. The van der Waals surface area contributed by atoms with Crippen LogP contribution in [0.25, 0.3) is 10.8 Å². The maximum Gasteiger partial charge on any atom is 0.256 e. The minimum Gasteiger partial charge on any atom is -0.438 e. The Morgan fingerprint density at radius 3 is 2.52 bits per heavy atom. The minimum absolute atomic E-state index is 0.124. The molecule has 0 bridgehead atoms. The number of halogens is 2. The van der Waals surface area contributed by atoms with E-state index < -0.39 is 11.6 Å². The van der Waals surface area contributed by atoms with Crippen molar-refractivity contribution < 1.29 is 23.0 Å². The maximum absolute atomic E-state index is 13.4. The third-order valence-electron chi connectivity index (χ3n) is 4.39. The SMILES string of the molecule is O=C(c1cnc(Oc2ccc(F)c(F)c2)c2ccccc12)N1CCOCC1. The Bertz CT molecular complexity index is 1000. The zero-order valence-corrected chi connectivity index (χ0v) is 14.3.